The fourth-order valence-electron chi connectivity index (χ4n) is 2.49. The third-order valence-electron chi connectivity index (χ3n) is 3.59. The van der Waals surface area contributed by atoms with Gasteiger partial charge in [-0.25, -0.2) is 8.42 Å². The summed E-state index contributed by atoms with van der Waals surface area (Å²) in [6.45, 7) is 1.41. The fourth-order valence-corrected chi connectivity index (χ4v) is 3.76. The van der Waals surface area contributed by atoms with E-state index in [1.165, 1.54) is 17.8 Å². The summed E-state index contributed by atoms with van der Waals surface area (Å²) >= 11 is 0. The first kappa shape index (κ1) is 17.7. The summed E-state index contributed by atoms with van der Waals surface area (Å²) < 4.78 is 29.7. The second kappa shape index (κ2) is 7.01. The standard InChI is InChI=1S/C18H18N4O3S/c1-13(23)19-15-8-10-16(11-9-15)21-26(24,25)17-12-22(2)20-18(17)14-6-4-3-5-7-14/h3-12,21H,1-2H3,(H,19,23). The maximum atomic E-state index is 12.8. The number of benzene rings is 2. The molecule has 2 N–H and O–H groups in total. The first-order valence-electron chi connectivity index (χ1n) is 7.85. The molecule has 1 heterocycles. The highest BCUT2D eigenvalue weighted by atomic mass is 32.2. The van der Waals surface area contributed by atoms with Gasteiger partial charge >= 0.3 is 0 Å². The molecule has 0 saturated heterocycles. The van der Waals surface area contributed by atoms with Crippen molar-refractivity contribution in [1.82, 2.24) is 9.78 Å². The van der Waals surface area contributed by atoms with Gasteiger partial charge in [0.2, 0.25) is 5.91 Å². The lowest BCUT2D eigenvalue weighted by Crippen LogP contribution is -2.13. The second-order valence-corrected chi connectivity index (χ2v) is 7.40. The van der Waals surface area contributed by atoms with Gasteiger partial charge in [-0.2, -0.15) is 5.10 Å². The maximum absolute atomic E-state index is 12.8. The molecule has 2 aromatic carbocycles. The minimum absolute atomic E-state index is 0.0946. The van der Waals surface area contributed by atoms with Crippen LogP contribution in [-0.4, -0.2) is 24.1 Å². The smallest absolute Gasteiger partial charge is 0.265 e. The lowest BCUT2D eigenvalue weighted by Gasteiger charge is -2.09. The molecule has 0 atom stereocenters. The summed E-state index contributed by atoms with van der Waals surface area (Å²) in [5, 5.41) is 6.92. The van der Waals surface area contributed by atoms with Crippen LogP contribution in [0.2, 0.25) is 0 Å². The van der Waals surface area contributed by atoms with Crippen LogP contribution < -0.4 is 10.0 Å². The van der Waals surface area contributed by atoms with E-state index in [4.69, 9.17) is 0 Å². The van der Waals surface area contributed by atoms with Gasteiger partial charge in [0.25, 0.3) is 10.0 Å². The summed E-state index contributed by atoms with van der Waals surface area (Å²) in [5.41, 5.74) is 2.08. The number of sulfonamides is 1. The second-order valence-electron chi connectivity index (χ2n) is 5.75. The van der Waals surface area contributed by atoms with E-state index in [1.54, 1.807) is 31.3 Å². The van der Waals surface area contributed by atoms with Crippen LogP contribution in [0.15, 0.2) is 65.7 Å². The SMILES string of the molecule is CC(=O)Nc1ccc(NS(=O)(=O)c2cn(C)nc2-c2ccccc2)cc1. The Balaban J connectivity index is 1.91. The van der Waals surface area contributed by atoms with Crippen molar-refractivity contribution < 1.29 is 13.2 Å². The molecular formula is C18H18N4O3S. The van der Waals surface area contributed by atoms with Crippen molar-refractivity contribution >= 4 is 27.3 Å². The Hall–Kier alpha value is -3.13. The zero-order valence-electron chi connectivity index (χ0n) is 14.3. The van der Waals surface area contributed by atoms with Gasteiger partial charge in [0.1, 0.15) is 10.6 Å². The van der Waals surface area contributed by atoms with Gasteiger partial charge in [-0.15, -0.1) is 0 Å². The summed E-state index contributed by atoms with van der Waals surface area (Å²) in [6, 6.07) is 15.6. The van der Waals surface area contributed by atoms with E-state index in [0.717, 1.165) is 5.56 Å². The van der Waals surface area contributed by atoms with Crippen LogP contribution in [0.1, 0.15) is 6.92 Å². The molecule has 0 aliphatic rings. The molecule has 1 amide bonds. The van der Waals surface area contributed by atoms with E-state index in [-0.39, 0.29) is 10.8 Å². The molecule has 0 saturated carbocycles. The predicted octanol–water partition coefficient (Wildman–Crippen LogP) is 2.85. The summed E-state index contributed by atoms with van der Waals surface area (Å²) in [6.07, 6.45) is 1.47. The molecule has 0 radical (unpaired) electrons. The Kier molecular flexibility index (Phi) is 4.77. The number of hydrogen-bond donors (Lipinski definition) is 2. The van der Waals surface area contributed by atoms with E-state index in [1.807, 2.05) is 30.3 Å². The molecule has 0 bridgehead atoms. The monoisotopic (exact) mass is 370 g/mol. The van der Waals surface area contributed by atoms with E-state index >= 15 is 0 Å². The molecule has 0 fully saturated rings. The van der Waals surface area contributed by atoms with Crippen LogP contribution in [-0.2, 0) is 21.9 Å². The number of aryl methyl sites for hydroxylation is 1. The van der Waals surface area contributed by atoms with Crippen molar-refractivity contribution in [2.75, 3.05) is 10.0 Å². The van der Waals surface area contributed by atoms with Crippen molar-refractivity contribution in [2.24, 2.45) is 7.05 Å². The largest absolute Gasteiger partial charge is 0.326 e. The number of hydrogen-bond acceptors (Lipinski definition) is 4. The highest BCUT2D eigenvalue weighted by Crippen LogP contribution is 2.27. The van der Waals surface area contributed by atoms with Gasteiger partial charge in [-0.05, 0) is 24.3 Å². The topological polar surface area (TPSA) is 93.1 Å². The van der Waals surface area contributed by atoms with Crippen LogP contribution in [0.25, 0.3) is 11.3 Å². The molecule has 0 spiro atoms. The van der Waals surface area contributed by atoms with Crippen molar-refractivity contribution in [3.05, 3.63) is 60.8 Å². The maximum Gasteiger partial charge on any atom is 0.265 e. The van der Waals surface area contributed by atoms with Crippen LogP contribution in [0.5, 0.6) is 0 Å². The van der Waals surface area contributed by atoms with Gasteiger partial charge in [-0.3, -0.25) is 14.2 Å². The van der Waals surface area contributed by atoms with Crippen molar-refractivity contribution in [1.29, 1.82) is 0 Å². The predicted molar refractivity (Wildman–Crippen MR) is 100 cm³/mol. The molecule has 1 aromatic heterocycles. The van der Waals surface area contributed by atoms with Gasteiger partial charge < -0.3 is 5.32 Å². The highest BCUT2D eigenvalue weighted by molar-refractivity contribution is 7.92. The van der Waals surface area contributed by atoms with Crippen LogP contribution >= 0.6 is 0 Å². The van der Waals surface area contributed by atoms with Crippen molar-refractivity contribution in [2.45, 2.75) is 11.8 Å². The number of carbonyl (C=O) groups excluding carboxylic acids is 1. The van der Waals surface area contributed by atoms with Crippen LogP contribution in [0.4, 0.5) is 11.4 Å². The molecule has 0 aliphatic carbocycles. The molecule has 0 aliphatic heterocycles. The first-order chi connectivity index (χ1) is 12.3. The number of amides is 1. The molecule has 0 unspecified atom stereocenters. The van der Waals surface area contributed by atoms with E-state index in [2.05, 4.69) is 15.1 Å². The Morgan fingerprint density at radius 1 is 1.00 bits per heavy atom. The quantitative estimate of drug-likeness (QED) is 0.722. The lowest BCUT2D eigenvalue weighted by molar-refractivity contribution is -0.114. The van der Waals surface area contributed by atoms with E-state index in [0.29, 0.717) is 17.1 Å². The van der Waals surface area contributed by atoms with Crippen LogP contribution in [0, 0.1) is 0 Å². The number of nitrogens with zero attached hydrogens (tertiary/aromatic N) is 2. The van der Waals surface area contributed by atoms with E-state index in [9.17, 15) is 13.2 Å². The minimum Gasteiger partial charge on any atom is -0.326 e. The third kappa shape index (κ3) is 3.92. The van der Waals surface area contributed by atoms with Gasteiger partial charge in [0.15, 0.2) is 0 Å². The first-order valence-corrected chi connectivity index (χ1v) is 9.33. The van der Waals surface area contributed by atoms with Crippen molar-refractivity contribution in [3.8, 4) is 11.3 Å². The Morgan fingerprint density at radius 2 is 1.62 bits per heavy atom. The molecular weight excluding hydrogens is 352 g/mol. The molecule has 26 heavy (non-hydrogen) atoms. The highest BCUT2D eigenvalue weighted by Gasteiger charge is 2.23. The minimum atomic E-state index is -3.83. The van der Waals surface area contributed by atoms with Crippen molar-refractivity contribution in [3.63, 3.8) is 0 Å². The summed E-state index contributed by atoms with van der Waals surface area (Å²) in [7, 11) is -2.15. The summed E-state index contributed by atoms with van der Waals surface area (Å²) in [5.74, 6) is -0.193. The summed E-state index contributed by atoms with van der Waals surface area (Å²) in [4.78, 5) is 11.1. The molecule has 7 nitrogen and oxygen atoms in total. The number of carbonyl (C=O) groups is 1. The molecule has 3 rings (SSSR count). The normalized spacial score (nSPS) is 11.2. The molecule has 3 aromatic rings. The number of aromatic nitrogens is 2. The van der Waals surface area contributed by atoms with Gasteiger partial charge in [0, 0.05) is 37.1 Å². The third-order valence-corrected chi connectivity index (χ3v) is 4.97. The van der Waals surface area contributed by atoms with Gasteiger partial charge in [0.05, 0.1) is 0 Å². The molecule has 8 heteroatoms. The number of rotatable bonds is 5. The number of nitrogens with one attached hydrogen (secondary N) is 2. The number of anilines is 2. The average Bonchev–Trinajstić information content (AvgIpc) is 3.00. The van der Waals surface area contributed by atoms with Gasteiger partial charge in [-0.1, -0.05) is 30.3 Å². The Labute approximate surface area is 151 Å². The zero-order valence-corrected chi connectivity index (χ0v) is 15.1. The van der Waals surface area contributed by atoms with E-state index < -0.39 is 10.0 Å². The fraction of sp³-hybridized carbons (Fsp3) is 0.111. The van der Waals surface area contributed by atoms with Crippen LogP contribution in [0.3, 0.4) is 0 Å². The zero-order chi connectivity index (χ0) is 18.7. The molecule has 134 valence electrons. The average molecular weight is 370 g/mol. The Morgan fingerprint density at radius 3 is 2.23 bits per heavy atom. The lowest BCUT2D eigenvalue weighted by atomic mass is 10.2. The Bertz CT molecular complexity index is 1030.